The summed E-state index contributed by atoms with van der Waals surface area (Å²) in [5.74, 6) is -0.127. The Morgan fingerprint density at radius 2 is 2.35 bits per heavy atom. The number of nitrogens with one attached hydrogen (secondary N) is 1. The molecular formula is C12H12BrIN2O. The van der Waals surface area contributed by atoms with E-state index in [4.69, 9.17) is 5.26 Å². The first-order valence-corrected chi connectivity index (χ1v) is 7.08. The summed E-state index contributed by atoms with van der Waals surface area (Å²) in [4.78, 5) is 12.0. The molecule has 1 rings (SSSR count). The van der Waals surface area contributed by atoms with Crippen LogP contribution in [0.2, 0.25) is 0 Å². The van der Waals surface area contributed by atoms with Crippen molar-refractivity contribution < 1.29 is 4.79 Å². The lowest BCUT2D eigenvalue weighted by Gasteiger charge is -2.14. The van der Waals surface area contributed by atoms with Crippen molar-refractivity contribution in [3.63, 3.8) is 0 Å². The van der Waals surface area contributed by atoms with Crippen LogP contribution in [0.1, 0.15) is 30.1 Å². The van der Waals surface area contributed by atoms with Crippen LogP contribution >= 0.6 is 38.5 Å². The zero-order valence-corrected chi connectivity index (χ0v) is 13.1. The van der Waals surface area contributed by atoms with Crippen molar-refractivity contribution in [3.05, 3.63) is 31.8 Å². The average Bonchev–Trinajstić information content (AvgIpc) is 2.31. The molecule has 5 heteroatoms. The van der Waals surface area contributed by atoms with E-state index in [1.54, 1.807) is 6.07 Å². The number of rotatable bonds is 4. The second-order valence-electron chi connectivity index (χ2n) is 3.57. The Bertz CT molecular complexity index is 456. The molecule has 0 spiro atoms. The maximum absolute atomic E-state index is 12.0. The number of hydrogen-bond donors (Lipinski definition) is 1. The summed E-state index contributed by atoms with van der Waals surface area (Å²) >= 11 is 5.47. The molecule has 3 nitrogen and oxygen atoms in total. The van der Waals surface area contributed by atoms with Gasteiger partial charge >= 0.3 is 0 Å². The number of nitriles is 1. The fraction of sp³-hybridized carbons (Fsp3) is 0.333. The van der Waals surface area contributed by atoms with Crippen LogP contribution in [0.25, 0.3) is 0 Å². The van der Waals surface area contributed by atoms with E-state index < -0.39 is 0 Å². The zero-order valence-electron chi connectivity index (χ0n) is 9.34. The molecule has 0 saturated heterocycles. The van der Waals surface area contributed by atoms with Crippen molar-refractivity contribution in [3.8, 4) is 6.07 Å². The van der Waals surface area contributed by atoms with Gasteiger partial charge in [0.2, 0.25) is 0 Å². The normalized spacial score (nSPS) is 11.6. The van der Waals surface area contributed by atoms with E-state index in [9.17, 15) is 4.79 Å². The third-order valence-electron chi connectivity index (χ3n) is 2.34. The van der Waals surface area contributed by atoms with E-state index in [2.05, 4.69) is 49.9 Å². The molecule has 1 aromatic carbocycles. The van der Waals surface area contributed by atoms with E-state index in [0.717, 1.165) is 14.5 Å². The van der Waals surface area contributed by atoms with Gasteiger partial charge in [-0.25, -0.2) is 0 Å². The molecule has 0 heterocycles. The SMILES string of the molecule is CCC(CC#N)NC(=O)c1cc(Br)ccc1I. The van der Waals surface area contributed by atoms with Gasteiger partial charge in [0.1, 0.15) is 0 Å². The molecular weight excluding hydrogens is 395 g/mol. The molecule has 0 fully saturated rings. The van der Waals surface area contributed by atoms with Crippen LogP contribution in [0, 0.1) is 14.9 Å². The minimum absolute atomic E-state index is 0.0812. The lowest BCUT2D eigenvalue weighted by atomic mass is 10.1. The summed E-state index contributed by atoms with van der Waals surface area (Å²) in [6.07, 6.45) is 1.09. The smallest absolute Gasteiger partial charge is 0.252 e. The largest absolute Gasteiger partial charge is 0.348 e. The van der Waals surface area contributed by atoms with Gasteiger partial charge < -0.3 is 5.32 Å². The van der Waals surface area contributed by atoms with Gasteiger partial charge in [-0.3, -0.25) is 4.79 Å². The summed E-state index contributed by atoms with van der Waals surface area (Å²) in [6, 6.07) is 7.56. The lowest BCUT2D eigenvalue weighted by Crippen LogP contribution is -2.34. The van der Waals surface area contributed by atoms with Crippen molar-refractivity contribution in [2.45, 2.75) is 25.8 Å². The van der Waals surface area contributed by atoms with Crippen LogP contribution in [0.15, 0.2) is 22.7 Å². The fourth-order valence-corrected chi connectivity index (χ4v) is 2.28. The maximum atomic E-state index is 12.0. The van der Waals surface area contributed by atoms with Gasteiger partial charge in [0.15, 0.2) is 0 Å². The van der Waals surface area contributed by atoms with E-state index in [1.807, 2.05) is 19.1 Å². The Balaban J connectivity index is 2.82. The lowest BCUT2D eigenvalue weighted by molar-refractivity contribution is 0.0935. The van der Waals surface area contributed by atoms with Crippen LogP contribution in [0.3, 0.4) is 0 Å². The van der Waals surface area contributed by atoms with Gasteiger partial charge in [0, 0.05) is 14.1 Å². The van der Waals surface area contributed by atoms with E-state index in [0.29, 0.717) is 12.0 Å². The Hall–Kier alpha value is -0.610. The summed E-state index contributed by atoms with van der Waals surface area (Å²) < 4.78 is 1.77. The molecule has 0 radical (unpaired) electrons. The fourth-order valence-electron chi connectivity index (χ4n) is 1.34. The molecule has 0 saturated carbocycles. The zero-order chi connectivity index (χ0) is 12.8. The minimum atomic E-state index is -0.127. The second kappa shape index (κ2) is 6.97. The van der Waals surface area contributed by atoms with E-state index >= 15 is 0 Å². The summed E-state index contributed by atoms with van der Waals surface area (Å²) in [7, 11) is 0. The molecule has 0 bridgehead atoms. The average molecular weight is 407 g/mol. The molecule has 0 aliphatic heterocycles. The number of amides is 1. The van der Waals surface area contributed by atoms with Crippen LogP contribution in [-0.4, -0.2) is 11.9 Å². The summed E-state index contributed by atoms with van der Waals surface area (Å²) in [6.45, 7) is 1.95. The van der Waals surface area contributed by atoms with Crippen molar-refractivity contribution >= 4 is 44.4 Å². The molecule has 1 unspecified atom stereocenters. The topological polar surface area (TPSA) is 52.9 Å². The van der Waals surface area contributed by atoms with Crippen molar-refractivity contribution in [1.82, 2.24) is 5.32 Å². The van der Waals surface area contributed by atoms with Gasteiger partial charge in [-0.1, -0.05) is 22.9 Å². The van der Waals surface area contributed by atoms with E-state index in [-0.39, 0.29) is 11.9 Å². The Morgan fingerprint density at radius 3 is 2.94 bits per heavy atom. The first kappa shape index (κ1) is 14.5. The van der Waals surface area contributed by atoms with Gasteiger partial charge in [-0.2, -0.15) is 5.26 Å². The monoisotopic (exact) mass is 406 g/mol. The molecule has 1 aromatic rings. The van der Waals surface area contributed by atoms with E-state index in [1.165, 1.54) is 0 Å². The van der Waals surface area contributed by atoms with Crippen LogP contribution in [0.4, 0.5) is 0 Å². The minimum Gasteiger partial charge on any atom is -0.348 e. The molecule has 0 aliphatic rings. The molecule has 0 aromatic heterocycles. The van der Waals surface area contributed by atoms with Crippen LogP contribution < -0.4 is 5.32 Å². The van der Waals surface area contributed by atoms with Gasteiger partial charge in [0.05, 0.1) is 18.1 Å². The first-order valence-electron chi connectivity index (χ1n) is 5.21. The standard InChI is InChI=1S/C12H12BrIN2O/c1-2-9(5-6-15)16-12(17)10-7-8(13)3-4-11(10)14/h3-4,7,9H,2,5H2,1H3,(H,16,17). The Labute approximate surface area is 123 Å². The molecule has 90 valence electrons. The van der Waals surface area contributed by atoms with Gasteiger partial charge in [-0.15, -0.1) is 0 Å². The maximum Gasteiger partial charge on any atom is 0.252 e. The molecule has 0 aliphatic carbocycles. The number of carbonyl (C=O) groups is 1. The number of benzene rings is 1. The number of carbonyl (C=O) groups excluding carboxylic acids is 1. The molecule has 1 atom stereocenters. The van der Waals surface area contributed by atoms with Crippen LogP contribution in [-0.2, 0) is 0 Å². The molecule has 17 heavy (non-hydrogen) atoms. The predicted molar refractivity (Wildman–Crippen MR) is 78.6 cm³/mol. The highest BCUT2D eigenvalue weighted by molar-refractivity contribution is 14.1. The number of halogens is 2. The third-order valence-corrected chi connectivity index (χ3v) is 3.77. The van der Waals surface area contributed by atoms with Crippen molar-refractivity contribution in [2.75, 3.05) is 0 Å². The summed E-state index contributed by atoms with van der Waals surface area (Å²) in [5, 5.41) is 11.5. The highest BCUT2D eigenvalue weighted by Gasteiger charge is 2.14. The third kappa shape index (κ3) is 4.28. The Kier molecular flexibility index (Phi) is 5.92. The Morgan fingerprint density at radius 1 is 1.65 bits per heavy atom. The first-order chi connectivity index (χ1) is 8.08. The predicted octanol–water partition coefficient (Wildman–Crippen LogP) is 3.48. The number of nitrogens with zero attached hydrogens (tertiary/aromatic N) is 1. The summed E-state index contributed by atoms with van der Waals surface area (Å²) in [5.41, 5.74) is 0.636. The number of hydrogen-bond acceptors (Lipinski definition) is 2. The highest BCUT2D eigenvalue weighted by Crippen LogP contribution is 2.18. The van der Waals surface area contributed by atoms with Gasteiger partial charge in [-0.05, 0) is 47.2 Å². The quantitative estimate of drug-likeness (QED) is 0.778. The molecule has 1 N–H and O–H groups in total. The van der Waals surface area contributed by atoms with Crippen molar-refractivity contribution in [1.29, 1.82) is 5.26 Å². The van der Waals surface area contributed by atoms with Crippen LogP contribution in [0.5, 0.6) is 0 Å². The molecule has 1 amide bonds. The second-order valence-corrected chi connectivity index (χ2v) is 5.64. The van der Waals surface area contributed by atoms with Gasteiger partial charge in [0.25, 0.3) is 5.91 Å². The van der Waals surface area contributed by atoms with Crippen molar-refractivity contribution in [2.24, 2.45) is 0 Å². The highest BCUT2D eigenvalue weighted by atomic mass is 127.